The maximum absolute atomic E-state index is 13.3. The number of thiazole rings is 1. The minimum atomic E-state index is -1.25. The zero-order valence-electron chi connectivity index (χ0n) is 23.6. The van der Waals surface area contributed by atoms with Gasteiger partial charge in [-0.15, -0.1) is 23.1 Å². The van der Waals surface area contributed by atoms with E-state index in [1.807, 2.05) is 4.90 Å². The first-order chi connectivity index (χ1) is 20.8. The third kappa shape index (κ3) is 6.15. The van der Waals surface area contributed by atoms with E-state index in [0.717, 1.165) is 63.0 Å². The molecule has 4 fully saturated rings. The summed E-state index contributed by atoms with van der Waals surface area (Å²) in [6.45, 7) is 3.22. The summed E-state index contributed by atoms with van der Waals surface area (Å²) in [5, 5.41) is 21.5. The highest BCUT2D eigenvalue weighted by Crippen LogP contribution is 2.41. The van der Waals surface area contributed by atoms with Gasteiger partial charge in [-0.25, -0.2) is 9.78 Å². The van der Waals surface area contributed by atoms with Crippen LogP contribution in [0.1, 0.15) is 50.6 Å². The number of rotatable bonds is 9. The van der Waals surface area contributed by atoms with Gasteiger partial charge in [0.05, 0.1) is 0 Å². The van der Waals surface area contributed by atoms with Gasteiger partial charge >= 0.3 is 5.97 Å². The summed E-state index contributed by atoms with van der Waals surface area (Å²) >= 11 is 2.50. The summed E-state index contributed by atoms with van der Waals surface area (Å²) in [6, 6.07) is -0.956. The number of fused-ring (bicyclic) bond motifs is 1. The number of hydrogen-bond donors (Lipinski definition) is 4. The smallest absolute Gasteiger partial charge is 0.352 e. The monoisotopic (exact) mass is 629 g/mol. The Bertz CT molecular complexity index is 1400. The molecular weight excluding hydrogens is 594 g/mol. The van der Waals surface area contributed by atoms with Gasteiger partial charge in [-0.1, -0.05) is 5.16 Å². The number of amides is 3. The minimum Gasteiger partial charge on any atom is -0.477 e. The first-order valence-electron chi connectivity index (χ1n) is 14.7. The van der Waals surface area contributed by atoms with Crippen molar-refractivity contribution in [3.8, 4) is 0 Å². The van der Waals surface area contributed by atoms with Crippen LogP contribution in [0.4, 0.5) is 5.13 Å². The fraction of sp³-hybridized carbons (Fsp3) is 0.571. The maximum Gasteiger partial charge on any atom is 0.352 e. The average molecular weight is 630 g/mol. The van der Waals surface area contributed by atoms with E-state index < -0.39 is 29.2 Å². The largest absolute Gasteiger partial charge is 0.477 e. The lowest BCUT2D eigenvalue weighted by Gasteiger charge is -2.49. The first kappa shape index (κ1) is 29.6. The Balaban J connectivity index is 1.16. The van der Waals surface area contributed by atoms with E-state index in [9.17, 15) is 24.3 Å². The molecule has 0 aromatic carbocycles. The molecular formula is C28H35N7O6S2. The predicted octanol–water partition coefficient (Wildman–Crippen LogP) is 1.29. The number of aromatic nitrogens is 1. The number of carbonyl (C=O) groups is 4. The average Bonchev–Trinajstić information content (AvgIpc) is 3.75. The molecule has 5 aliphatic rings. The van der Waals surface area contributed by atoms with E-state index in [4.69, 9.17) is 10.6 Å². The number of anilines is 1. The number of β-lactam (4-membered cyclic amide) rings is 1. The number of nitrogens with zero attached hydrogens (tertiary/aromatic N) is 4. The maximum atomic E-state index is 13.3. The summed E-state index contributed by atoms with van der Waals surface area (Å²) < 4.78 is 0. The van der Waals surface area contributed by atoms with Crippen molar-refractivity contribution in [2.45, 2.75) is 62.5 Å². The van der Waals surface area contributed by atoms with Crippen molar-refractivity contribution in [3.63, 3.8) is 0 Å². The van der Waals surface area contributed by atoms with Gasteiger partial charge in [0.15, 0.2) is 10.8 Å². The second-order valence-corrected chi connectivity index (χ2v) is 13.4. The van der Waals surface area contributed by atoms with Crippen LogP contribution in [-0.2, 0) is 24.0 Å². The Morgan fingerprint density at radius 1 is 1.23 bits per heavy atom. The fourth-order valence-electron chi connectivity index (χ4n) is 6.25. The van der Waals surface area contributed by atoms with Crippen molar-refractivity contribution < 1.29 is 29.1 Å². The molecule has 0 unspecified atom stereocenters. The number of likely N-dealkylation sites (tertiary alicyclic amines) is 1. The summed E-state index contributed by atoms with van der Waals surface area (Å²) in [6.07, 6.45) is 7.90. The van der Waals surface area contributed by atoms with E-state index in [-0.39, 0.29) is 40.0 Å². The molecule has 1 aromatic heterocycles. The number of thioether (sulfide) groups is 1. The molecule has 5 heterocycles. The topological polar surface area (TPSA) is 180 Å². The van der Waals surface area contributed by atoms with Crippen molar-refractivity contribution >= 4 is 57.6 Å². The van der Waals surface area contributed by atoms with E-state index in [2.05, 4.69) is 20.8 Å². The van der Waals surface area contributed by atoms with E-state index >= 15 is 0 Å². The highest BCUT2D eigenvalue weighted by molar-refractivity contribution is 8.00. The van der Waals surface area contributed by atoms with Crippen LogP contribution in [0, 0.1) is 5.92 Å². The zero-order chi connectivity index (χ0) is 30.1. The summed E-state index contributed by atoms with van der Waals surface area (Å²) in [5.41, 5.74) is 6.77. The van der Waals surface area contributed by atoms with Crippen molar-refractivity contribution in [2.24, 2.45) is 11.1 Å². The highest BCUT2D eigenvalue weighted by atomic mass is 32.2. The lowest BCUT2D eigenvalue weighted by atomic mass is 9.97. The lowest BCUT2D eigenvalue weighted by Crippen LogP contribution is -2.71. The number of nitrogens with two attached hydrogens (primary N) is 1. The van der Waals surface area contributed by atoms with Gasteiger partial charge in [-0.05, 0) is 75.6 Å². The molecule has 1 saturated carbocycles. The van der Waals surface area contributed by atoms with Gasteiger partial charge in [0.1, 0.15) is 28.9 Å². The Labute approximate surface area is 256 Å². The third-order valence-corrected chi connectivity index (χ3v) is 10.5. The van der Waals surface area contributed by atoms with Gasteiger partial charge in [0, 0.05) is 29.8 Å². The minimum absolute atomic E-state index is 0.0720. The van der Waals surface area contributed by atoms with Crippen LogP contribution >= 0.6 is 23.1 Å². The number of carbonyl (C=O) groups excluding carboxylic acids is 3. The van der Waals surface area contributed by atoms with Crippen LogP contribution in [-0.4, -0.2) is 98.7 Å². The molecule has 1 aromatic rings. The molecule has 4 aliphatic heterocycles. The SMILES string of the molecule is Nc1nc(C(=NOC2CCCC2)C(=O)N[C@@H]2C(=O)N3C(C(=O)O)=C(C=C4CCN(CC5CCNCC5)C4=O)CS[C@H]23)cs1. The molecule has 3 amide bonds. The first-order valence-corrected chi connectivity index (χ1v) is 16.6. The number of carboxylic acids is 1. The summed E-state index contributed by atoms with van der Waals surface area (Å²) in [5.74, 6) is -1.78. The number of allylic oxidation sites excluding steroid dienone is 1. The summed E-state index contributed by atoms with van der Waals surface area (Å²) in [4.78, 5) is 65.0. The predicted molar refractivity (Wildman–Crippen MR) is 161 cm³/mol. The van der Waals surface area contributed by atoms with Crippen LogP contribution in [0.25, 0.3) is 0 Å². The molecule has 0 bridgehead atoms. The standard InChI is InChI=1S/C28H35N7O6S2/c29-28-31-19(14-43-28)20(33-41-18-3-1-2-4-18)23(36)32-21-25(38)35-22(27(39)40)17(13-42-26(21)35)11-16-7-10-34(24(16)37)12-15-5-8-30-9-6-15/h11,14-15,18,21,26,30H,1-10,12-13H2,(H2,29,31)(H,32,36)(H,39,40)/t21-,26-/m1/s1. The molecule has 0 spiro atoms. The number of piperidine rings is 1. The molecule has 43 heavy (non-hydrogen) atoms. The number of oxime groups is 1. The van der Waals surface area contributed by atoms with Crippen molar-refractivity contribution in [1.82, 2.24) is 25.4 Å². The molecule has 6 rings (SSSR count). The van der Waals surface area contributed by atoms with E-state index in [1.54, 1.807) is 11.5 Å². The molecule has 3 saturated heterocycles. The Kier molecular flexibility index (Phi) is 8.73. The second kappa shape index (κ2) is 12.7. The third-order valence-electron chi connectivity index (χ3n) is 8.56. The highest BCUT2D eigenvalue weighted by Gasteiger charge is 2.54. The lowest BCUT2D eigenvalue weighted by molar-refractivity contribution is -0.150. The van der Waals surface area contributed by atoms with Crippen LogP contribution < -0.4 is 16.4 Å². The van der Waals surface area contributed by atoms with Crippen LogP contribution in [0.3, 0.4) is 0 Å². The fourth-order valence-corrected chi connectivity index (χ4v) is 8.10. The number of nitrogens with one attached hydrogen (secondary N) is 2. The van der Waals surface area contributed by atoms with Gasteiger partial charge < -0.3 is 31.2 Å². The Morgan fingerprint density at radius 3 is 2.70 bits per heavy atom. The van der Waals surface area contributed by atoms with Crippen LogP contribution in [0.15, 0.2) is 33.5 Å². The van der Waals surface area contributed by atoms with Crippen LogP contribution in [0.5, 0.6) is 0 Å². The van der Waals surface area contributed by atoms with Crippen molar-refractivity contribution in [3.05, 3.63) is 34.0 Å². The Hall–Kier alpha value is -3.43. The molecule has 15 heteroatoms. The van der Waals surface area contributed by atoms with E-state index in [1.165, 1.54) is 16.7 Å². The molecule has 5 N–H and O–H groups in total. The summed E-state index contributed by atoms with van der Waals surface area (Å²) in [7, 11) is 0. The molecule has 1 aliphatic carbocycles. The molecule has 0 radical (unpaired) electrons. The number of nitrogen functional groups attached to an aromatic ring is 1. The van der Waals surface area contributed by atoms with E-state index in [0.29, 0.717) is 36.6 Å². The molecule has 13 nitrogen and oxygen atoms in total. The zero-order valence-corrected chi connectivity index (χ0v) is 25.3. The number of aliphatic carboxylic acids is 1. The molecule has 2 atom stereocenters. The number of hydrogen-bond acceptors (Lipinski definition) is 11. The quantitative estimate of drug-likeness (QED) is 0.135. The normalized spacial score (nSPS) is 26.2. The van der Waals surface area contributed by atoms with Gasteiger partial charge in [-0.3, -0.25) is 19.3 Å². The van der Waals surface area contributed by atoms with Crippen molar-refractivity contribution in [2.75, 3.05) is 37.7 Å². The van der Waals surface area contributed by atoms with Crippen LogP contribution in [0.2, 0.25) is 0 Å². The van der Waals surface area contributed by atoms with Gasteiger partial charge in [0.2, 0.25) is 5.91 Å². The molecule has 230 valence electrons. The van der Waals surface area contributed by atoms with Gasteiger partial charge in [-0.2, -0.15) is 0 Å². The van der Waals surface area contributed by atoms with Gasteiger partial charge in [0.25, 0.3) is 11.8 Å². The number of carboxylic acid groups (broad SMARTS) is 1. The van der Waals surface area contributed by atoms with Crippen molar-refractivity contribution in [1.29, 1.82) is 0 Å². The second-order valence-electron chi connectivity index (χ2n) is 11.4. The Morgan fingerprint density at radius 2 is 2.00 bits per heavy atom.